The van der Waals surface area contributed by atoms with Crippen molar-refractivity contribution in [1.82, 2.24) is 15.3 Å². The summed E-state index contributed by atoms with van der Waals surface area (Å²) in [5.74, 6) is -0.934. The first-order valence-electron chi connectivity index (χ1n) is 7.26. The van der Waals surface area contributed by atoms with Crippen LogP contribution in [0, 0.1) is 0 Å². The van der Waals surface area contributed by atoms with E-state index < -0.39 is 5.91 Å². The number of nitrogens with zero attached hydrogens (tertiary/aromatic N) is 2. The van der Waals surface area contributed by atoms with Crippen molar-refractivity contribution >= 4 is 23.6 Å². The normalized spacial score (nSPS) is 13.1. The molecule has 1 aromatic heterocycles. The lowest BCUT2D eigenvalue weighted by atomic mass is 10.1. The molecule has 2 heterocycles. The third kappa shape index (κ3) is 3.29. The average Bonchev–Trinajstić information content (AvgIpc) is 3.15. The van der Waals surface area contributed by atoms with E-state index in [1.165, 1.54) is 17.6 Å². The number of aryl methyl sites for hydroxylation is 2. The van der Waals surface area contributed by atoms with Gasteiger partial charge in [0.2, 0.25) is 0 Å². The smallest absolute Gasteiger partial charge is 0.276 e. The topological polar surface area (TPSA) is 96.2 Å². The number of amides is 2. The molecule has 23 heavy (non-hydrogen) atoms. The molecule has 3 rings (SSSR count). The standard InChI is InChI=1S/C16H16N4O3/c21-15(19-23)8-7-11-4-1-2-6-13(11)17-16(22)14-10-12-5-3-9-20(12)18-14/h1-2,4,6-8,10,23H,3,5,9H2,(H,17,22)(H,19,21)/b8-7+. The van der Waals surface area contributed by atoms with Crippen LogP contribution in [-0.2, 0) is 17.8 Å². The Morgan fingerprint density at radius 1 is 1.30 bits per heavy atom. The first kappa shape index (κ1) is 15.0. The number of para-hydroxylation sites is 1. The molecule has 1 aliphatic heterocycles. The second-order valence-electron chi connectivity index (χ2n) is 5.20. The predicted molar refractivity (Wildman–Crippen MR) is 83.9 cm³/mol. The van der Waals surface area contributed by atoms with Crippen LogP contribution in [0.5, 0.6) is 0 Å². The fraction of sp³-hybridized carbons (Fsp3) is 0.188. The van der Waals surface area contributed by atoms with Gasteiger partial charge in [0, 0.05) is 24.0 Å². The minimum absolute atomic E-state index is 0.292. The molecule has 2 amide bonds. The lowest BCUT2D eigenvalue weighted by molar-refractivity contribution is -0.124. The largest absolute Gasteiger partial charge is 0.320 e. The number of aromatic nitrogens is 2. The summed E-state index contributed by atoms with van der Waals surface area (Å²) < 4.78 is 1.85. The van der Waals surface area contributed by atoms with Gasteiger partial charge in [0.1, 0.15) is 0 Å². The second kappa shape index (κ2) is 6.45. The molecular formula is C16H16N4O3. The van der Waals surface area contributed by atoms with Crippen LogP contribution < -0.4 is 10.8 Å². The van der Waals surface area contributed by atoms with E-state index in [1.807, 2.05) is 4.68 Å². The van der Waals surface area contributed by atoms with E-state index in [2.05, 4.69) is 10.4 Å². The highest BCUT2D eigenvalue weighted by atomic mass is 16.5. The van der Waals surface area contributed by atoms with Gasteiger partial charge in [-0.05, 0) is 36.6 Å². The molecule has 1 aromatic carbocycles. The second-order valence-corrected chi connectivity index (χ2v) is 5.20. The molecule has 0 fully saturated rings. The van der Waals surface area contributed by atoms with Gasteiger partial charge in [0.05, 0.1) is 0 Å². The number of rotatable bonds is 4. The minimum atomic E-state index is -0.642. The maximum atomic E-state index is 12.3. The lowest BCUT2D eigenvalue weighted by Gasteiger charge is -2.07. The zero-order chi connectivity index (χ0) is 16.2. The number of hydrogen-bond donors (Lipinski definition) is 3. The third-order valence-corrected chi connectivity index (χ3v) is 3.63. The Morgan fingerprint density at radius 2 is 2.13 bits per heavy atom. The van der Waals surface area contributed by atoms with Gasteiger partial charge in [-0.15, -0.1) is 0 Å². The van der Waals surface area contributed by atoms with Gasteiger partial charge in [0.15, 0.2) is 5.69 Å². The molecule has 2 aromatic rings. The number of carbonyl (C=O) groups excluding carboxylic acids is 2. The van der Waals surface area contributed by atoms with Crippen molar-refractivity contribution in [3.8, 4) is 0 Å². The van der Waals surface area contributed by atoms with E-state index in [1.54, 1.807) is 30.3 Å². The number of benzene rings is 1. The molecule has 7 nitrogen and oxygen atoms in total. The van der Waals surface area contributed by atoms with Gasteiger partial charge >= 0.3 is 0 Å². The summed E-state index contributed by atoms with van der Waals surface area (Å²) in [5, 5.41) is 15.6. The number of nitrogens with one attached hydrogen (secondary N) is 2. The number of hydroxylamine groups is 1. The van der Waals surface area contributed by atoms with Crippen LogP contribution in [0.2, 0.25) is 0 Å². The van der Waals surface area contributed by atoms with Gasteiger partial charge in [-0.25, -0.2) is 5.48 Å². The molecule has 0 aliphatic carbocycles. The highest BCUT2D eigenvalue weighted by Gasteiger charge is 2.18. The molecule has 118 valence electrons. The number of fused-ring (bicyclic) bond motifs is 1. The van der Waals surface area contributed by atoms with Crippen LogP contribution in [0.4, 0.5) is 5.69 Å². The van der Waals surface area contributed by atoms with Crippen LogP contribution in [0.15, 0.2) is 36.4 Å². The van der Waals surface area contributed by atoms with E-state index in [4.69, 9.17) is 5.21 Å². The molecule has 0 spiro atoms. The zero-order valence-corrected chi connectivity index (χ0v) is 12.3. The lowest BCUT2D eigenvalue weighted by Crippen LogP contribution is -2.15. The molecule has 7 heteroatoms. The van der Waals surface area contributed by atoms with Crippen molar-refractivity contribution < 1.29 is 14.8 Å². The van der Waals surface area contributed by atoms with Crippen molar-refractivity contribution in [2.45, 2.75) is 19.4 Å². The fourth-order valence-corrected chi connectivity index (χ4v) is 2.52. The molecule has 0 saturated heterocycles. The Labute approximate surface area is 132 Å². The molecule has 0 atom stereocenters. The Hall–Kier alpha value is -2.93. The monoisotopic (exact) mass is 312 g/mol. The van der Waals surface area contributed by atoms with Crippen molar-refractivity contribution in [3.05, 3.63) is 53.4 Å². The molecule has 1 aliphatic rings. The van der Waals surface area contributed by atoms with Crippen molar-refractivity contribution in [3.63, 3.8) is 0 Å². The maximum absolute atomic E-state index is 12.3. The molecule has 0 radical (unpaired) electrons. The number of hydrogen-bond acceptors (Lipinski definition) is 4. The molecule has 0 bridgehead atoms. The SMILES string of the molecule is O=C(/C=C/c1ccccc1NC(=O)c1cc2n(n1)CCC2)NO. The Bertz CT molecular complexity index is 758. The highest BCUT2D eigenvalue weighted by Crippen LogP contribution is 2.19. The van der Waals surface area contributed by atoms with Crippen LogP contribution in [0.3, 0.4) is 0 Å². The first-order valence-corrected chi connectivity index (χ1v) is 7.26. The zero-order valence-electron chi connectivity index (χ0n) is 12.3. The Kier molecular flexibility index (Phi) is 4.20. The summed E-state index contributed by atoms with van der Waals surface area (Å²) in [7, 11) is 0. The van der Waals surface area contributed by atoms with Gasteiger partial charge in [-0.1, -0.05) is 18.2 Å². The maximum Gasteiger partial charge on any atom is 0.276 e. The van der Waals surface area contributed by atoms with Gasteiger partial charge in [0.25, 0.3) is 11.8 Å². The van der Waals surface area contributed by atoms with Crippen LogP contribution in [0.1, 0.15) is 28.2 Å². The molecule has 0 saturated carbocycles. The van der Waals surface area contributed by atoms with Crippen LogP contribution >= 0.6 is 0 Å². The van der Waals surface area contributed by atoms with E-state index in [0.717, 1.165) is 25.1 Å². The minimum Gasteiger partial charge on any atom is -0.320 e. The van der Waals surface area contributed by atoms with E-state index in [-0.39, 0.29) is 5.91 Å². The predicted octanol–water partition coefficient (Wildman–Crippen LogP) is 1.60. The third-order valence-electron chi connectivity index (χ3n) is 3.63. The molecule has 0 unspecified atom stereocenters. The molecule has 3 N–H and O–H groups in total. The summed E-state index contributed by atoms with van der Waals surface area (Å²) in [6.07, 6.45) is 4.69. The quantitative estimate of drug-likeness (QED) is 0.454. The summed E-state index contributed by atoms with van der Waals surface area (Å²) >= 11 is 0. The Balaban J connectivity index is 1.78. The van der Waals surface area contributed by atoms with Crippen LogP contribution in [0.25, 0.3) is 6.08 Å². The van der Waals surface area contributed by atoms with Gasteiger partial charge < -0.3 is 5.32 Å². The molecular weight excluding hydrogens is 296 g/mol. The fourth-order valence-electron chi connectivity index (χ4n) is 2.52. The van der Waals surface area contributed by atoms with Gasteiger partial charge in [-0.3, -0.25) is 19.5 Å². The summed E-state index contributed by atoms with van der Waals surface area (Å²) in [6, 6.07) is 8.87. The van der Waals surface area contributed by atoms with E-state index in [9.17, 15) is 9.59 Å². The van der Waals surface area contributed by atoms with Crippen molar-refractivity contribution in [2.75, 3.05) is 5.32 Å². The van der Waals surface area contributed by atoms with Crippen LogP contribution in [-0.4, -0.2) is 26.8 Å². The number of carbonyl (C=O) groups is 2. The highest BCUT2D eigenvalue weighted by molar-refractivity contribution is 6.04. The van der Waals surface area contributed by atoms with E-state index >= 15 is 0 Å². The van der Waals surface area contributed by atoms with Crippen molar-refractivity contribution in [2.24, 2.45) is 0 Å². The summed E-state index contributed by atoms with van der Waals surface area (Å²) in [4.78, 5) is 23.4. The number of anilines is 1. The van der Waals surface area contributed by atoms with E-state index in [0.29, 0.717) is 16.9 Å². The first-order chi connectivity index (χ1) is 11.2. The van der Waals surface area contributed by atoms with Crippen molar-refractivity contribution in [1.29, 1.82) is 0 Å². The Morgan fingerprint density at radius 3 is 2.91 bits per heavy atom. The van der Waals surface area contributed by atoms with Gasteiger partial charge in [-0.2, -0.15) is 5.10 Å². The average molecular weight is 312 g/mol. The summed E-state index contributed by atoms with van der Waals surface area (Å²) in [5.41, 5.74) is 4.18. The summed E-state index contributed by atoms with van der Waals surface area (Å²) in [6.45, 7) is 0.845.